The molecule has 5 heteroatoms. The van der Waals surface area contributed by atoms with Crippen molar-refractivity contribution in [3.05, 3.63) is 46.2 Å². The Morgan fingerprint density at radius 2 is 1.82 bits per heavy atom. The normalized spacial score (nSPS) is 12.4. The third kappa shape index (κ3) is 3.34. The summed E-state index contributed by atoms with van der Waals surface area (Å²) in [5.74, 6) is 0. The Labute approximate surface area is 104 Å². The number of hydrogen-bond donors (Lipinski definition) is 1. The summed E-state index contributed by atoms with van der Waals surface area (Å²) in [5, 5.41) is 18.0. The standard InChI is InChI=1S/C12H9ClN4/c1-8(9-2-4-10(13)5-3-9)17-12(7-15)11(16)6-14/h2-5H,16H2,1H3/b12-11-,17-8?. The predicted molar refractivity (Wildman–Crippen MR) is 66.1 cm³/mol. The Morgan fingerprint density at radius 3 is 2.29 bits per heavy atom. The molecule has 0 spiro atoms. The van der Waals surface area contributed by atoms with E-state index in [0.717, 1.165) is 5.56 Å². The highest BCUT2D eigenvalue weighted by atomic mass is 35.5. The van der Waals surface area contributed by atoms with E-state index in [2.05, 4.69) is 4.99 Å². The highest BCUT2D eigenvalue weighted by Crippen LogP contribution is 2.11. The van der Waals surface area contributed by atoms with Crippen molar-refractivity contribution in [2.75, 3.05) is 0 Å². The van der Waals surface area contributed by atoms with Crippen LogP contribution in [0.15, 0.2) is 40.7 Å². The van der Waals surface area contributed by atoms with Crippen molar-refractivity contribution < 1.29 is 0 Å². The van der Waals surface area contributed by atoms with E-state index in [1.807, 2.05) is 0 Å². The first-order valence-electron chi connectivity index (χ1n) is 4.69. The van der Waals surface area contributed by atoms with Crippen molar-refractivity contribution in [2.24, 2.45) is 10.7 Å². The summed E-state index contributed by atoms with van der Waals surface area (Å²) < 4.78 is 0. The lowest BCUT2D eigenvalue weighted by molar-refractivity contribution is 1.26. The Hall–Kier alpha value is -2.30. The van der Waals surface area contributed by atoms with Gasteiger partial charge in [0.2, 0.25) is 0 Å². The molecule has 0 heterocycles. The summed E-state index contributed by atoms with van der Waals surface area (Å²) in [6, 6.07) is 10.5. The summed E-state index contributed by atoms with van der Waals surface area (Å²) in [4.78, 5) is 4.01. The van der Waals surface area contributed by atoms with E-state index >= 15 is 0 Å². The van der Waals surface area contributed by atoms with Crippen molar-refractivity contribution >= 4 is 17.3 Å². The number of nitrogens with two attached hydrogens (primary N) is 1. The molecule has 0 aliphatic heterocycles. The van der Waals surface area contributed by atoms with Crippen molar-refractivity contribution in [1.29, 1.82) is 10.5 Å². The fourth-order valence-electron chi connectivity index (χ4n) is 1.12. The molecular formula is C12H9ClN4. The second-order valence-corrected chi connectivity index (χ2v) is 3.63. The molecule has 0 radical (unpaired) electrons. The Kier molecular flexibility index (Phi) is 4.28. The molecule has 0 atom stereocenters. The molecule has 0 amide bonds. The molecule has 1 aromatic carbocycles. The second-order valence-electron chi connectivity index (χ2n) is 3.19. The zero-order valence-electron chi connectivity index (χ0n) is 9.11. The van der Waals surface area contributed by atoms with E-state index in [1.165, 1.54) is 0 Å². The van der Waals surface area contributed by atoms with Gasteiger partial charge in [0.05, 0.1) is 0 Å². The second kappa shape index (κ2) is 5.69. The van der Waals surface area contributed by atoms with Crippen LogP contribution in [0.25, 0.3) is 0 Å². The molecular weight excluding hydrogens is 236 g/mol. The average molecular weight is 245 g/mol. The average Bonchev–Trinajstić information content (AvgIpc) is 2.35. The van der Waals surface area contributed by atoms with Gasteiger partial charge < -0.3 is 5.73 Å². The van der Waals surface area contributed by atoms with Gasteiger partial charge in [-0.3, -0.25) is 0 Å². The molecule has 0 saturated heterocycles. The van der Waals surface area contributed by atoms with Crippen LogP contribution in [-0.2, 0) is 0 Å². The largest absolute Gasteiger partial charge is 0.388 e. The molecule has 0 aromatic heterocycles. The number of halogens is 1. The zero-order chi connectivity index (χ0) is 12.8. The summed E-state index contributed by atoms with van der Waals surface area (Å²) >= 11 is 5.76. The number of rotatable bonds is 2. The molecule has 0 bridgehead atoms. The molecule has 0 unspecified atom stereocenters. The van der Waals surface area contributed by atoms with E-state index in [4.69, 9.17) is 27.9 Å². The van der Waals surface area contributed by atoms with Crippen LogP contribution in [0.4, 0.5) is 0 Å². The highest BCUT2D eigenvalue weighted by Gasteiger charge is 2.03. The molecule has 2 N–H and O–H groups in total. The van der Waals surface area contributed by atoms with Crippen molar-refractivity contribution in [3.63, 3.8) is 0 Å². The Morgan fingerprint density at radius 1 is 1.24 bits per heavy atom. The lowest BCUT2D eigenvalue weighted by Crippen LogP contribution is -2.01. The van der Waals surface area contributed by atoms with Crippen LogP contribution in [-0.4, -0.2) is 5.71 Å². The molecule has 0 fully saturated rings. The zero-order valence-corrected chi connectivity index (χ0v) is 9.86. The predicted octanol–water partition coefficient (Wildman–Crippen LogP) is 2.37. The molecule has 4 nitrogen and oxygen atoms in total. The van der Waals surface area contributed by atoms with E-state index in [0.29, 0.717) is 10.7 Å². The highest BCUT2D eigenvalue weighted by molar-refractivity contribution is 6.30. The summed E-state index contributed by atoms with van der Waals surface area (Å²) in [6.45, 7) is 1.73. The molecule has 1 aromatic rings. The van der Waals surface area contributed by atoms with E-state index in [-0.39, 0.29) is 11.4 Å². The van der Waals surface area contributed by atoms with E-state index < -0.39 is 0 Å². The molecule has 0 saturated carbocycles. The van der Waals surface area contributed by atoms with Crippen molar-refractivity contribution in [2.45, 2.75) is 6.92 Å². The molecule has 0 aliphatic rings. The number of nitrogens with zero attached hydrogens (tertiary/aromatic N) is 3. The van der Waals surface area contributed by atoms with Gasteiger partial charge in [0, 0.05) is 10.7 Å². The number of nitriles is 2. The van der Waals surface area contributed by atoms with Gasteiger partial charge in [0.1, 0.15) is 17.8 Å². The van der Waals surface area contributed by atoms with Gasteiger partial charge in [-0.2, -0.15) is 10.5 Å². The Balaban J connectivity index is 3.14. The van der Waals surface area contributed by atoms with Gasteiger partial charge >= 0.3 is 0 Å². The first-order chi connectivity index (χ1) is 8.08. The molecule has 17 heavy (non-hydrogen) atoms. The quantitative estimate of drug-likeness (QED) is 0.640. The van der Waals surface area contributed by atoms with Crippen LogP contribution in [0.1, 0.15) is 12.5 Å². The summed E-state index contributed by atoms with van der Waals surface area (Å²) in [7, 11) is 0. The van der Waals surface area contributed by atoms with Gasteiger partial charge in [0.15, 0.2) is 5.70 Å². The molecule has 1 rings (SSSR count). The maximum atomic E-state index is 8.80. The van der Waals surface area contributed by atoms with Gasteiger partial charge in [0.25, 0.3) is 0 Å². The van der Waals surface area contributed by atoms with Crippen molar-refractivity contribution in [1.82, 2.24) is 0 Å². The molecule has 84 valence electrons. The van der Waals surface area contributed by atoms with Crippen LogP contribution < -0.4 is 5.73 Å². The fraction of sp³-hybridized carbons (Fsp3) is 0.0833. The van der Waals surface area contributed by atoms with Crippen LogP contribution in [0, 0.1) is 22.7 Å². The lowest BCUT2D eigenvalue weighted by Gasteiger charge is -2.00. The van der Waals surface area contributed by atoms with Crippen molar-refractivity contribution in [3.8, 4) is 12.1 Å². The van der Waals surface area contributed by atoms with Gasteiger partial charge in [-0.15, -0.1) is 0 Å². The van der Waals surface area contributed by atoms with E-state index in [1.54, 1.807) is 43.3 Å². The fourth-order valence-corrected chi connectivity index (χ4v) is 1.25. The first-order valence-corrected chi connectivity index (χ1v) is 5.07. The van der Waals surface area contributed by atoms with Gasteiger partial charge in [-0.05, 0) is 24.6 Å². The minimum atomic E-state index is -0.194. The smallest absolute Gasteiger partial charge is 0.174 e. The van der Waals surface area contributed by atoms with Crippen LogP contribution in [0.2, 0.25) is 5.02 Å². The van der Waals surface area contributed by atoms with Gasteiger partial charge in [-0.1, -0.05) is 23.7 Å². The number of aliphatic imine (C=N–C) groups is 1. The SMILES string of the molecule is CC(=N/C(C#N)=C(\N)C#N)c1ccc(Cl)cc1. The third-order valence-corrected chi connectivity index (χ3v) is 2.27. The van der Waals surface area contributed by atoms with Crippen LogP contribution in [0.5, 0.6) is 0 Å². The summed E-state index contributed by atoms with van der Waals surface area (Å²) in [5.41, 5.74) is 6.48. The summed E-state index contributed by atoms with van der Waals surface area (Å²) in [6.07, 6.45) is 0. The van der Waals surface area contributed by atoms with Gasteiger partial charge in [-0.25, -0.2) is 4.99 Å². The minimum Gasteiger partial charge on any atom is -0.388 e. The maximum absolute atomic E-state index is 8.80. The lowest BCUT2D eigenvalue weighted by atomic mass is 10.1. The Bertz CT molecular complexity index is 556. The number of hydrogen-bond acceptors (Lipinski definition) is 4. The van der Waals surface area contributed by atoms with E-state index in [9.17, 15) is 0 Å². The third-order valence-electron chi connectivity index (χ3n) is 2.02. The number of allylic oxidation sites excluding steroid dienone is 2. The monoisotopic (exact) mass is 244 g/mol. The van der Waals surface area contributed by atoms with Crippen LogP contribution >= 0.6 is 11.6 Å². The maximum Gasteiger partial charge on any atom is 0.174 e. The topological polar surface area (TPSA) is 86.0 Å². The first kappa shape index (κ1) is 12.8. The molecule has 0 aliphatic carbocycles. The number of benzene rings is 1. The minimum absolute atomic E-state index is 0.0834. The van der Waals surface area contributed by atoms with Crippen LogP contribution in [0.3, 0.4) is 0 Å².